The van der Waals surface area contributed by atoms with Crippen molar-refractivity contribution in [1.29, 1.82) is 0 Å². The molecule has 0 saturated carbocycles. The van der Waals surface area contributed by atoms with Crippen LogP contribution >= 0.6 is 7.92 Å². The largest absolute Gasteiger partial charge is 0.490 e. The second kappa shape index (κ2) is 10.5. The van der Waals surface area contributed by atoms with Gasteiger partial charge < -0.3 is 15.2 Å². The van der Waals surface area contributed by atoms with Crippen molar-refractivity contribution in [2.24, 2.45) is 0 Å². The molecule has 0 radical (unpaired) electrons. The van der Waals surface area contributed by atoms with Crippen LogP contribution in [-0.4, -0.2) is 23.5 Å². The van der Waals surface area contributed by atoms with Gasteiger partial charge in [0.1, 0.15) is 5.75 Å². The fraction of sp³-hybridized carbons (Fsp3) is 0.280. The number of benzene rings is 3. The molecule has 1 unspecified atom stereocenters. The lowest BCUT2D eigenvalue weighted by Gasteiger charge is -2.26. The molecule has 0 amide bonds. The van der Waals surface area contributed by atoms with Gasteiger partial charge in [-0.15, -0.1) is 0 Å². The summed E-state index contributed by atoms with van der Waals surface area (Å²) in [5.74, 6) is 0.940. The van der Waals surface area contributed by atoms with Crippen LogP contribution in [0.2, 0.25) is 0 Å². The van der Waals surface area contributed by atoms with Gasteiger partial charge in [-0.2, -0.15) is 0 Å². The molecular weight excluding hydrogens is 377 g/mol. The van der Waals surface area contributed by atoms with Crippen LogP contribution in [0.15, 0.2) is 84.9 Å². The molecule has 0 fully saturated rings. The van der Waals surface area contributed by atoms with Crippen LogP contribution < -0.4 is 20.7 Å². The molecule has 0 heterocycles. The van der Waals surface area contributed by atoms with Crippen LogP contribution in [0.25, 0.3) is 0 Å². The first-order valence-corrected chi connectivity index (χ1v) is 11.6. The van der Waals surface area contributed by atoms with Gasteiger partial charge >= 0.3 is 0 Å². The molecule has 4 heteroatoms. The Morgan fingerprint density at radius 2 is 1.41 bits per heavy atom. The summed E-state index contributed by atoms with van der Waals surface area (Å²) in [5.41, 5.74) is 0.931. The number of hydrogen-bond donors (Lipinski definition) is 2. The van der Waals surface area contributed by atoms with E-state index < -0.39 is 14.0 Å². The summed E-state index contributed by atoms with van der Waals surface area (Å²) < 4.78 is 6.11. The molecule has 3 nitrogen and oxygen atoms in total. The smallest absolute Gasteiger partial charge is 0.127 e. The highest BCUT2D eigenvalue weighted by molar-refractivity contribution is 7.73. The van der Waals surface area contributed by atoms with Crippen LogP contribution in [-0.2, 0) is 0 Å². The van der Waals surface area contributed by atoms with Crippen LogP contribution in [0, 0.1) is 0 Å². The van der Waals surface area contributed by atoms with E-state index in [1.54, 1.807) is 0 Å². The van der Waals surface area contributed by atoms with E-state index in [-0.39, 0.29) is 12.1 Å². The fourth-order valence-corrected chi connectivity index (χ4v) is 5.54. The highest BCUT2D eigenvalue weighted by Gasteiger charge is 2.22. The number of hydrogen-bond acceptors (Lipinski definition) is 3. The topological polar surface area (TPSA) is 41.5 Å². The van der Waals surface area contributed by atoms with Gasteiger partial charge in [-0.3, -0.25) is 0 Å². The van der Waals surface area contributed by atoms with Crippen LogP contribution in [0.4, 0.5) is 0 Å². The van der Waals surface area contributed by atoms with Crippen molar-refractivity contribution in [1.82, 2.24) is 5.32 Å². The minimum Gasteiger partial charge on any atom is -0.490 e. The maximum atomic E-state index is 10.7. The SMILES string of the molecule is CC(C)Oc1ccccc1P(CN[C@@H](C)[C@H](O)c1ccccc1)c1ccccc1. The van der Waals surface area contributed by atoms with Crippen molar-refractivity contribution in [3.63, 3.8) is 0 Å². The molecule has 3 rings (SSSR count). The van der Waals surface area contributed by atoms with E-state index in [9.17, 15) is 5.11 Å². The van der Waals surface area contributed by atoms with Gasteiger partial charge in [-0.05, 0) is 45.6 Å². The number of rotatable bonds is 9. The van der Waals surface area contributed by atoms with Gasteiger partial charge in [0, 0.05) is 17.6 Å². The normalized spacial score (nSPS) is 14.4. The first kappa shape index (κ1) is 21.5. The van der Waals surface area contributed by atoms with Crippen molar-refractivity contribution < 1.29 is 9.84 Å². The Balaban J connectivity index is 1.83. The molecule has 152 valence electrons. The van der Waals surface area contributed by atoms with Crippen molar-refractivity contribution in [3.8, 4) is 5.75 Å². The summed E-state index contributed by atoms with van der Waals surface area (Å²) in [6.07, 6.45) is 0.338. The van der Waals surface area contributed by atoms with Crippen molar-refractivity contribution >= 4 is 18.5 Å². The molecule has 0 bridgehead atoms. The molecule has 3 atom stereocenters. The number of ether oxygens (including phenoxy) is 1. The lowest BCUT2D eigenvalue weighted by atomic mass is 10.0. The third kappa shape index (κ3) is 5.90. The van der Waals surface area contributed by atoms with E-state index in [4.69, 9.17) is 4.74 Å². The Labute approximate surface area is 175 Å². The summed E-state index contributed by atoms with van der Waals surface area (Å²) in [7, 11) is -0.676. The molecule has 0 aromatic heterocycles. The molecule has 0 aliphatic heterocycles. The molecule has 2 N–H and O–H groups in total. The highest BCUT2D eigenvalue weighted by atomic mass is 31.1. The van der Waals surface area contributed by atoms with Crippen molar-refractivity contribution in [2.75, 3.05) is 6.29 Å². The zero-order valence-corrected chi connectivity index (χ0v) is 18.2. The lowest BCUT2D eigenvalue weighted by molar-refractivity contribution is 0.139. The van der Waals surface area contributed by atoms with Gasteiger partial charge in [0.05, 0.1) is 12.2 Å². The minimum absolute atomic E-state index is 0.0655. The number of para-hydroxylation sites is 1. The van der Waals surface area contributed by atoms with E-state index >= 15 is 0 Å². The summed E-state index contributed by atoms with van der Waals surface area (Å²) >= 11 is 0. The van der Waals surface area contributed by atoms with Gasteiger partial charge in [0.25, 0.3) is 0 Å². The summed E-state index contributed by atoms with van der Waals surface area (Å²) in [6.45, 7) is 6.14. The summed E-state index contributed by atoms with van der Waals surface area (Å²) in [6, 6.07) is 28.6. The average molecular weight is 407 g/mol. The van der Waals surface area contributed by atoms with Crippen LogP contribution in [0.5, 0.6) is 5.75 Å². The quantitative estimate of drug-likeness (QED) is 0.511. The van der Waals surface area contributed by atoms with Gasteiger partial charge in [0.2, 0.25) is 0 Å². The Hall–Kier alpha value is -2.19. The molecule has 3 aromatic rings. The van der Waals surface area contributed by atoms with Crippen LogP contribution in [0.3, 0.4) is 0 Å². The van der Waals surface area contributed by atoms with Gasteiger partial charge in [-0.1, -0.05) is 78.9 Å². The Bertz CT molecular complexity index is 870. The second-order valence-corrected chi connectivity index (χ2v) is 9.57. The Morgan fingerprint density at radius 1 is 0.828 bits per heavy atom. The molecule has 0 saturated heterocycles. The maximum absolute atomic E-state index is 10.7. The minimum atomic E-state index is -0.676. The first-order chi connectivity index (χ1) is 14.1. The van der Waals surface area contributed by atoms with E-state index in [1.165, 1.54) is 10.6 Å². The molecule has 0 aliphatic carbocycles. The molecule has 29 heavy (non-hydrogen) atoms. The molecular formula is C25H30NO2P. The monoisotopic (exact) mass is 407 g/mol. The van der Waals surface area contributed by atoms with E-state index in [1.807, 2.05) is 49.4 Å². The zero-order valence-electron chi connectivity index (χ0n) is 17.3. The molecule has 0 spiro atoms. The van der Waals surface area contributed by atoms with Gasteiger partial charge in [-0.25, -0.2) is 0 Å². The van der Waals surface area contributed by atoms with E-state index in [0.29, 0.717) is 0 Å². The van der Waals surface area contributed by atoms with E-state index in [0.717, 1.165) is 17.6 Å². The lowest BCUT2D eigenvalue weighted by Crippen LogP contribution is -2.35. The second-order valence-electron chi connectivity index (χ2n) is 7.40. The standard InChI is InChI=1S/C25H30NO2P/c1-19(2)28-23-16-10-11-17-24(23)29(22-14-8-5-9-15-22)18-26-20(3)25(27)21-12-6-4-7-13-21/h4-17,19-20,25-27H,18H2,1-3H3/t20-,25-,29?/m0/s1. The Morgan fingerprint density at radius 3 is 2.07 bits per heavy atom. The maximum Gasteiger partial charge on any atom is 0.127 e. The number of aliphatic hydroxyl groups is 1. The van der Waals surface area contributed by atoms with E-state index in [2.05, 4.69) is 61.6 Å². The Kier molecular flexibility index (Phi) is 7.83. The van der Waals surface area contributed by atoms with Crippen LogP contribution in [0.1, 0.15) is 32.4 Å². The van der Waals surface area contributed by atoms with Crippen molar-refractivity contribution in [2.45, 2.75) is 39.0 Å². The third-order valence-electron chi connectivity index (χ3n) is 4.77. The molecule has 3 aromatic carbocycles. The predicted octanol–water partition coefficient (Wildman–Crippen LogP) is 4.58. The zero-order chi connectivity index (χ0) is 20.6. The first-order valence-electron chi connectivity index (χ1n) is 10.1. The summed E-state index contributed by atoms with van der Waals surface area (Å²) in [5, 5.41) is 16.8. The summed E-state index contributed by atoms with van der Waals surface area (Å²) in [4.78, 5) is 0. The average Bonchev–Trinajstić information content (AvgIpc) is 2.75. The molecule has 0 aliphatic rings. The van der Waals surface area contributed by atoms with Gasteiger partial charge in [0.15, 0.2) is 0 Å². The number of nitrogens with one attached hydrogen (secondary N) is 1. The fourth-order valence-electron chi connectivity index (χ4n) is 3.24. The third-order valence-corrected chi connectivity index (χ3v) is 7.14. The predicted molar refractivity (Wildman–Crippen MR) is 124 cm³/mol. The van der Waals surface area contributed by atoms with Crippen molar-refractivity contribution in [3.05, 3.63) is 90.5 Å². The highest BCUT2D eigenvalue weighted by Crippen LogP contribution is 2.36. The number of aliphatic hydroxyl groups excluding tert-OH is 1.